The van der Waals surface area contributed by atoms with Crippen molar-refractivity contribution < 1.29 is 23.1 Å². The van der Waals surface area contributed by atoms with Gasteiger partial charge in [0.25, 0.3) is 0 Å². The molecule has 1 N–H and O–H groups in total. The summed E-state index contributed by atoms with van der Waals surface area (Å²) in [6, 6.07) is -0.0188. The lowest BCUT2D eigenvalue weighted by molar-refractivity contribution is -0.184. The van der Waals surface area contributed by atoms with Crippen LogP contribution in [0.1, 0.15) is 32.6 Å². The summed E-state index contributed by atoms with van der Waals surface area (Å²) in [4.78, 5) is 12.4. The zero-order valence-electron chi connectivity index (χ0n) is 9.83. The van der Waals surface area contributed by atoms with Crippen LogP contribution in [0.15, 0.2) is 0 Å². The van der Waals surface area contributed by atoms with Crippen LogP contribution < -0.4 is 0 Å². The highest BCUT2D eigenvalue weighted by molar-refractivity contribution is 5.69. The smallest absolute Gasteiger partial charge is 0.391 e. The number of alkyl halides is 3. The number of hydrogen-bond acceptors (Lipinski definition) is 2. The first-order chi connectivity index (χ1) is 7.84. The zero-order chi connectivity index (χ0) is 13.1. The maximum Gasteiger partial charge on any atom is 0.391 e. The number of likely N-dealkylation sites (N-methyl/N-ethyl adjacent to an activating group) is 1. The third-order valence-corrected chi connectivity index (χ3v) is 3.42. The van der Waals surface area contributed by atoms with Crippen LogP contribution in [-0.2, 0) is 4.79 Å². The number of aliphatic carboxylic acids is 1. The van der Waals surface area contributed by atoms with Crippen LogP contribution >= 0.6 is 0 Å². The van der Waals surface area contributed by atoms with Gasteiger partial charge in [0, 0.05) is 6.04 Å². The predicted octanol–water partition coefficient (Wildman–Crippen LogP) is 2.51. The molecule has 3 nitrogen and oxygen atoms in total. The van der Waals surface area contributed by atoms with Crippen molar-refractivity contribution in [3.05, 3.63) is 0 Å². The molecule has 1 fully saturated rings. The van der Waals surface area contributed by atoms with Gasteiger partial charge in [-0.25, -0.2) is 0 Å². The summed E-state index contributed by atoms with van der Waals surface area (Å²) in [6.07, 6.45) is -3.00. The molecule has 100 valence electrons. The Morgan fingerprint density at radius 2 is 1.82 bits per heavy atom. The summed E-state index contributed by atoms with van der Waals surface area (Å²) < 4.78 is 37.4. The highest BCUT2D eigenvalue weighted by atomic mass is 19.4. The van der Waals surface area contributed by atoms with Crippen molar-refractivity contribution in [2.24, 2.45) is 5.92 Å². The van der Waals surface area contributed by atoms with Crippen LogP contribution in [0, 0.1) is 5.92 Å². The normalized spacial score (nSPS) is 26.2. The lowest BCUT2D eigenvalue weighted by atomic mass is 9.85. The Hall–Kier alpha value is -0.780. The Balaban J connectivity index is 2.47. The monoisotopic (exact) mass is 253 g/mol. The molecule has 0 amide bonds. The molecule has 0 aliphatic heterocycles. The number of carbonyl (C=O) groups is 1. The molecule has 0 saturated heterocycles. The molecule has 0 heterocycles. The quantitative estimate of drug-likeness (QED) is 0.837. The molecule has 1 saturated carbocycles. The molecule has 17 heavy (non-hydrogen) atoms. The van der Waals surface area contributed by atoms with Gasteiger partial charge in [-0.05, 0) is 32.2 Å². The lowest BCUT2D eigenvalue weighted by Crippen LogP contribution is -2.42. The summed E-state index contributed by atoms with van der Waals surface area (Å²) in [5, 5.41) is 8.71. The van der Waals surface area contributed by atoms with E-state index in [-0.39, 0.29) is 25.4 Å². The molecule has 0 spiro atoms. The molecule has 0 radical (unpaired) electrons. The Kier molecular flexibility index (Phi) is 4.80. The first kappa shape index (κ1) is 14.3. The SMILES string of the molecule is CCN(CC(=O)O)C1CCC(C(F)(F)F)CC1. The van der Waals surface area contributed by atoms with Gasteiger partial charge in [0.1, 0.15) is 0 Å². The second-order valence-corrected chi connectivity index (χ2v) is 4.50. The van der Waals surface area contributed by atoms with Gasteiger partial charge in [-0.15, -0.1) is 0 Å². The average Bonchev–Trinajstić information content (AvgIpc) is 2.24. The summed E-state index contributed by atoms with van der Waals surface area (Å²) >= 11 is 0. The topological polar surface area (TPSA) is 40.5 Å². The second-order valence-electron chi connectivity index (χ2n) is 4.50. The molecule has 0 bridgehead atoms. The fraction of sp³-hybridized carbons (Fsp3) is 0.909. The van der Waals surface area contributed by atoms with Gasteiger partial charge >= 0.3 is 12.1 Å². The average molecular weight is 253 g/mol. The fourth-order valence-corrected chi connectivity index (χ4v) is 2.44. The molecule has 6 heteroatoms. The maximum absolute atomic E-state index is 12.5. The van der Waals surface area contributed by atoms with Gasteiger partial charge in [0.05, 0.1) is 12.5 Å². The van der Waals surface area contributed by atoms with E-state index < -0.39 is 18.1 Å². The largest absolute Gasteiger partial charge is 0.480 e. The number of hydrogen-bond donors (Lipinski definition) is 1. The summed E-state index contributed by atoms with van der Waals surface area (Å²) in [5.41, 5.74) is 0. The van der Waals surface area contributed by atoms with E-state index in [2.05, 4.69) is 0 Å². The Bertz CT molecular complexity index is 260. The van der Waals surface area contributed by atoms with E-state index in [1.54, 1.807) is 4.90 Å². The molecule has 1 rings (SSSR count). The van der Waals surface area contributed by atoms with Gasteiger partial charge in [-0.1, -0.05) is 6.92 Å². The van der Waals surface area contributed by atoms with Crippen molar-refractivity contribution in [2.75, 3.05) is 13.1 Å². The first-order valence-electron chi connectivity index (χ1n) is 5.87. The molecular formula is C11H18F3NO2. The Labute approximate surface area is 98.6 Å². The minimum absolute atomic E-state index is 0.0188. The molecule has 0 unspecified atom stereocenters. The van der Waals surface area contributed by atoms with Crippen LogP contribution in [0.2, 0.25) is 0 Å². The van der Waals surface area contributed by atoms with Crippen LogP contribution in [0.5, 0.6) is 0 Å². The van der Waals surface area contributed by atoms with Crippen LogP contribution in [0.4, 0.5) is 13.2 Å². The van der Waals surface area contributed by atoms with E-state index in [0.29, 0.717) is 19.4 Å². The van der Waals surface area contributed by atoms with E-state index in [4.69, 9.17) is 5.11 Å². The third kappa shape index (κ3) is 4.18. The highest BCUT2D eigenvalue weighted by Crippen LogP contribution is 2.38. The zero-order valence-corrected chi connectivity index (χ0v) is 9.83. The van der Waals surface area contributed by atoms with Gasteiger partial charge in [-0.3, -0.25) is 9.69 Å². The van der Waals surface area contributed by atoms with Crippen molar-refractivity contribution in [1.82, 2.24) is 4.90 Å². The Morgan fingerprint density at radius 3 is 2.18 bits per heavy atom. The minimum Gasteiger partial charge on any atom is -0.480 e. The number of carboxylic acid groups (broad SMARTS) is 1. The molecule has 0 aromatic heterocycles. The Morgan fingerprint density at radius 1 is 1.29 bits per heavy atom. The summed E-state index contributed by atoms with van der Waals surface area (Å²) in [6.45, 7) is 2.31. The fourth-order valence-electron chi connectivity index (χ4n) is 2.44. The predicted molar refractivity (Wildman–Crippen MR) is 56.7 cm³/mol. The molecule has 0 aromatic rings. The minimum atomic E-state index is -4.10. The molecule has 0 aromatic carbocycles. The van der Waals surface area contributed by atoms with E-state index in [0.717, 1.165) is 0 Å². The molecule has 1 aliphatic carbocycles. The van der Waals surface area contributed by atoms with Crippen LogP contribution in [0.3, 0.4) is 0 Å². The van der Waals surface area contributed by atoms with Gasteiger partial charge in [0.15, 0.2) is 0 Å². The molecule has 0 atom stereocenters. The highest BCUT2D eigenvalue weighted by Gasteiger charge is 2.42. The lowest BCUT2D eigenvalue weighted by Gasteiger charge is -2.36. The van der Waals surface area contributed by atoms with E-state index in [9.17, 15) is 18.0 Å². The number of halogens is 3. The second kappa shape index (κ2) is 5.71. The van der Waals surface area contributed by atoms with Crippen molar-refractivity contribution in [2.45, 2.75) is 44.8 Å². The third-order valence-electron chi connectivity index (χ3n) is 3.42. The van der Waals surface area contributed by atoms with Gasteiger partial charge in [0.2, 0.25) is 0 Å². The summed E-state index contributed by atoms with van der Waals surface area (Å²) in [7, 11) is 0. The van der Waals surface area contributed by atoms with Gasteiger partial charge in [-0.2, -0.15) is 13.2 Å². The van der Waals surface area contributed by atoms with Crippen molar-refractivity contribution in [3.8, 4) is 0 Å². The van der Waals surface area contributed by atoms with Crippen molar-refractivity contribution >= 4 is 5.97 Å². The number of carboxylic acids is 1. The number of nitrogens with zero attached hydrogens (tertiary/aromatic N) is 1. The summed E-state index contributed by atoms with van der Waals surface area (Å²) in [5.74, 6) is -2.13. The van der Waals surface area contributed by atoms with Crippen molar-refractivity contribution in [1.29, 1.82) is 0 Å². The van der Waals surface area contributed by atoms with Gasteiger partial charge < -0.3 is 5.11 Å². The van der Waals surface area contributed by atoms with Crippen LogP contribution in [0.25, 0.3) is 0 Å². The van der Waals surface area contributed by atoms with Crippen molar-refractivity contribution in [3.63, 3.8) is 0 Å². The van der Waals surface area contributed by atoms with E-state index in [1.165, 1.54) is 0 Å². The standard InChI is InChI=1S/C11H18F3NO2/c1-2-15(7-10(16)17)9-5-3-8(4-6-9)11(12,13)14/h8-9H,2-7H2,1H3,(H,16,17). The van der Waals surface area contributed by atoms with Crippen LogP contribution in [-0.4, -0.2) is 41.3 Å². The maximum atomic E-state index is 12.5. The van der Waals surface area contributed by atoms with E-state index in [1.807, 2.05) is 6.92 Å². The first-order valence-corrected chi connectivity index (χ1v) is 5.87. The number of rotatable bonds is 4. The molecule has 1 aliphatic rings. The molecular weight excluding hydrogens is 235 g/mol. The van der Waals surface area contributed by atoms with E-state index >= 15 is 0 Å².